The molecule has 0 unspecified atom stereocenters. The van der Waals surface area contributed by atoms with Gasteiger partial charge in [0, 0.05) is 12.5 Å². The van der Waals surface area contributed by atoms with Crippen LogP contribution in [0.25, 0.3) is 0 Å². The van der Waals surface area contributed by atoms with E-state index in [4.69, 9.17) is 0 Å². The number of aromatic amines is 1. The Morgan fingerprint density at radius 1 is 1.35 bits per heavy atom. The van der Waals surface area contributed by atoms with Crippen LogP contribution in [0, 0.1) is 12.8 Å². The van der Waals surface area contributed by atoms with Crippen molar-refractivity contribution < 1.29 is 4.79 Å². The molecular formula is C12H18N4O. The smallest absolute Gasteiger partial charge is 0.226 e. The summed E-state index contributed by atoms with van der Waals surface area (Å²) in [5, 5.41) is 7.09. The van der Waals surface area contributed by atoms with Crippen LogP contribution in [0.2, 0.25) is 0 Å². The highest BCUT2D eigenvalue weighted by Crippen LogP contribution is 2.36. The van der Waals surface area contributed by atoms with Gasteiger partial charge in [0.25, 0.3) is 0 Å². The fourth-order valence-electron chi connectivity index (χ4n) is 2.54. The number of carbonyl (C=O) groups excluding carboxylic acids is 1. The lowest BCUT2D eigenvalue weighted by atomic mass is 10.0. The Hall–Kier alpha value is -1.39. The van der Waals surface area contributed by atoms with E-state index in [9.17, 15) is 4.79 Å². The topological polar surface area (TPSA) is 61.9 Å². The van der Waals surface area contributed by atoms with Crippen molar-refractivity contribution in [3.8, 4) is 0 Å². The van der Waals surface area contributed by atoms with Gasteiger partial charge in [-0.05, 0) is 39.0 Å². The van der Waals surface area contributed by atoms with Crippen LogP contribution >= 0.6 is 0 Å². The van der Waals surface area contributed by atoms with Crippen LogP contribution in [0.4, 0.5) is 0 Å². The van der Waals surface area contributed by atoms with E-state index in [-0.39, 0.29) is 12.0 Å². The molecule has 2 heterocycles. The van der Waals surface area contributed by atoms with E-state index >= 15 is 0 Å². The van der Waals surface area contributed by atoms with Gasteiger partial charge in [-0.1, -0.05) is 0 Å². The maximum atomic E-state index is 12.2. The van der Waals surface area contributed by atoms with Crippen molar-refractivity contribution in [2.24, 2.45) is 5.92 Å². The molecule has 1 atom stereocenters. The minimum absolute atomic E-state index is 0.0989. The second kappa shape index (κ2) is 4.13. The Morgan fingerprint density at radius 3 is 2.82 bits per heavy atom. The monoisotopic (exact) mass is 234 g/mol. The van der Waals surface area contributed by atoms with Gasteiger partial charge in [-0.3, -0.25) is 9.89 Å². The molecule has 5 nitrogen and oxygen atoms in total. The number of piperidine rings is 1. The fraction of sp³-hybridized carbons (Fsp3) is 0.750. The lowest BCUT2D eigenvalue weighted by molar-refractivity contribution is -0.136. The predicted molar refractivity (Wildman–Crippen MR) is 62.1 cm³/mol. The first-order valence-corrected chi connectivity index (χ1v) is 6.45. The zero-order valence-electron chi connectivity index (χ0n) is 10.1. The van der Waals surface area contributed by atoms with Gasteiger partial charge in [-0.25, -0.2) is 4.98 Å². The van der Waals surface area contributed by atoms with Crippen LogP contribution in [0.3, 0.4) is 0 Å². The summed E-state index contributed by atoms with van der Waals surface area (Å²) in [7, 11) is 0. The average molecular weight is 234 g/mol. The summed E-state index contributed by atoms with van der Waals surface area (Å²) in [6.45, 7) is 2.76. The summed E-state index contributed by atoms with van der Waals surface area (Å²) in [6, 6.07) is 0.0989. The van der Waals surface area contributed by atoms with Gasteiger partial charge >= 0.3 is 0 Å². The maximum Gasteiger partial charge on any atom is 0.226 e. The van der Waals surface area contributed by atoms with E-state index in [1.54, 1.807) is 0 Å². The number of likely N-dealkylation sites (tertiary alicyclic amines) is 1. The number of nitrogens with one attached hydrogen (secondary N) is 1. The first-order chi connectivity index (χ1) is 8.25. The molecule has 0 spiro atoms. The molecule has 1 saturated heterocycles. The van der Waals surface area contributed by atoms with E-state index < -0.39 is 0 Å². The number of aromatic nitrogens is 3. The van der Waals surface area contributed by atoms with E-state index in [1.807, 2.05) is 11.8 Å². The van der Waals surface area contributed by atoms with Crippen LogP contribution in [-0.2, 0) is 4.79 Å². The first kappa shape index (κ1) is 10.7. The summed E-state index contributed by atoms with van der Waals surface area (Å²) in [5.41, 5.74) is 0. The van der Waals surface area contributed by atoms with E-state index in [0.717, 1.165) is 50.3 Å². The van der Waals surface area contributed by atoms with Crippen LogP contribution in [0.5, 0.6) is 0 Å². The molecule has 1 N–H and O–H groups in total. The van der Waals surface area contributed by atoms with Gasteiger partial charge in [0.2, 0.25) is 5.91 Å². The van der Waals surface area contributed by atoms with E-state index in [0.29, 0.717) is 5.91 Å². The molecule has 3 rings (SSSR count). The quantitative estimate of drug-likeness (QED) is 0.845. The van der Waals surface area contributed by atoms with E-state index in [1.165, 1.54) is 0 Å². The van der Waals surface area contributed by atoms with Crippen LogP contribution in [0.1, 0.15) is 49.8 Å². The molecule has 0 bridgehead atoms. The molecule has 1 aliphatic carbocycles. The van der Waals surface area contributed by atoms with Crippen molar-refractivity contribution in [3.63, 3.8) is 0 Å². The molecule has 2 aliphatic rings. The minimum atomic E-state index is 0.0989. The molecule has 2 fully saturated rings. The van der Waals surface area contributed by atoms with Crippen molar-refractivity contribution in [1.29, 1.82) is 0 Å². The second-order valence-corrected chi connectivity index (χ2v) is 5.10. The van der Waals surface area contributed by atoms with Crippen molar-refractivity contribution in [2.45, 2.75) is 45.1 Å². The lowest BCUT2D eigenvalue weighted by Gasteiger charge is -2.34. The maximum absolute atomic E-state index is 12.2. The Morgan fingerprint density at radius 2 is 2.18 bits per heavy atom. The van der Waals surface area contributed by atoms with Crippen LogP contribution in [-0.4, -0.2) is 32.5 Å². The normalized spacial score (nSPS) is 25.0. The molecule has 5 heteroatoms. The molecule has 0 radical (unpaired) electrons. The molecule has 1 aromatic rings. The van der Waals surface area contributed by atoms with Gasteiger partial charge in [0.1, 0.15) is 5.82 Å². The van der Waals surface area contributed by atoms with Crippen LogP contribution in [0.15, 0.2) is 0 Å². The van der Waals surface area contributed by atoms with Crippen molar-refractivity contribution in [3.05, 3.63) is 11.6 Å². The van der Waals surface area contributed by atoms with E-state index in [2.05, 4.69) is 15.2 Å². The van der Waals surface area contributed by atoms with Gasteiger partial charge < -0.3 is 4.90 Å². The second-order valence-electron chi connectivity index (χ2n) is 5.10. The lowest BCUT2D eigenvalue weighted by Crippen LogP contribution is -2.39. The highest BCUT2D eigenvalue weighted by atomic mass is 16.2. The molecule has 0 aromatic carbocycles. The third-order valence-electron chi connectivity index (χ3n) is 3.63. The van der Waals surface area contributed by atoms with Crippen LogP contribution < -0.4 is 0 Å². The summed E-state index contributed by atoms with van der Waals surface area (Å²) < 4.78 is 0. The summed E-state index contributed by atoms with van der Waals surface area (Å²) in [4.78, 5) is 18.6. The number of hydrogen-bond acceptors (Lipinski definition) is 3. The largest absolute Gasteiger partial charge is 0.332 e. The Balaban J connectivity index is 1.81. The summed E-state index contributed by atoms with van der Waals surface area (Å²) in [5.74, 6) is 2.22. The summed E-state index contributed by atoms with van der Waals surface area (Å²) >= 11 is 0. The highest BCUT2D eigenvalue weighted by molar-refractivity contribution is 5.81. The first-order valence-electron chi connectivity index (χ1n) is 6.45. The predicted octanol–water partition coefficient (Wildman–Crippen LogP) is 1.58. The SMILES string of the molecule is Cc1nc([C@@H]2CCCCN2C(=O)C2CC2)n[nH]1. The average Bonchev–Trinajstić information content (AvgIpc) is 3.11. The Kier molecular flexibility index (Phi) is 2.61. The number of hydrogen-bond donors (Lipinski definition) is 1. The number of H-pyrrole nitrogens is 1. The number of rotatable bonds is 2. The Labute approximate surface area is 101 Å². The van der Waals surface area contributed by atoms with Gasteiger partial charge in [0.15, 0.2) is 5.82 Å². The zero-order valence-corrected chi connectivity index (χ0v) is 10.1. The molecule has 92 valence electrons. The van der Waals surface area contributed by atoms with Gasteiger partial charge in [-0.15, -0.1) is 0 Å². The highest BCUT2D eigenvalue weighted by Gasteiger charge is 2.38. The third-order valence-corrected chi connectivity index (χ3v) is 3.63. The molecule has 1 saturated carbocycles. The molecule has 1 aromatic heterocycles. The molecular weight excluding hydrogens is 216 g/mol. The van der Waals surface area contributed by atoms with Gasteiger partial charge in [0.05, 0.1) is 6.04 Å². The summed E-state index contributed by atoms with van der Waals surface area (Å²) in [6.07, 6.45) is 5.39. The minimum Gasteiger partial charge on any atom is -0.332 e. The van der Waals surface area contributed by atoms with Crippen molar-refractivity contribution in [1.82, 2.24) is 20.1 Å². The number of aryl methyl sites for hydroxylation is 1. The molecule has 1 amide bonds. The molecule has 1 aliphatic heterocycles. The Bertz CT molecular complexity index is 424. The number of carbonyl (C=O) groups is 1. The van der Waals surface area contributed by atoms with Crippen molar-refractivity contribution >= 4 is 5.91 Å². The third kappa shape index (κ3) is 2.06. The molecule has 17 heavy (non-hydrogen) atoms. The number of nitrogens with zero attached hydrogens (tertiary/aromatic N) is 3. The van der Waals surface area contributed by atoms with Crippen molar-refractivity contribution in [2.75, 3.05) is 6.54 Å². The number of amides is 1. The zero-order chi connectivity index (χ0) is 11.8. The fourth-order valence-corrected chi connectivity index (χ4v) is 2.54. The standard InChI is InChI=1S/C12H18N4O/c1-8-13-11(15-14-8)10-4-2-3-7-16(10)12(17)9-5-6-9/h9-10H,2-7H2,1H3,(H,13,14,15)/t10-/m0/s1. The van der Waals surface area contributed by atoms with Gasteiger partial charge in [-0.2, -0.15) is 5.10 Å².